The van der Waals surface area contributed by atoms with Crippen molar-refractivity contribution in [2.24, 2.45) is 0 Å². The SMILES string of the molecule is CCOc1c2c(c(OCC(F)(F)F)c3ccccc13)C(O)N(c1ccc(C(CC)C(=O)O)cc1Cl)C2=O. The van der Waals surface area contributed by atoms with Crippen molar-refractivity contribution in [2.75, 3.05) is 18.1 Å². The fourth-order valence-electron chi connectivity index (χ4n) is 4.55. The fraction of sp³-hybridized carbons (Fsp3) is 0.308. The van der Waals surface area contributed by atoms with Crippen molar-refractivity contribution in [2.45, 2.75) is 38.6 Å². The molecule has 37 heavy (non-hydrogen) atoms. The van der Waals surface area contributed by atoms with Gasteiger partial charge in [-0.25, -0.2) is 0 Å². The molecule has 0 aromatic heterocycles. The Balaban J connectivity index is 1.90. The third-order valence-corrected chi connectivity index (χ3v) is 6.40. The van der Waals surface area contributed by atoms with Gasteiger partial charge in [-0.3, -0.25) is 14.5 Å². The summed E-state index contributed by atoms with van der Waals surface area (Å²) in [5, 5.41) is 21.3. The number of alkyl halides is 3. The zero-order valence-corrected chi connectivity index (χ0v) is 20.6. The van der Waals surface area contributed by atoms with Crippen LogP contribution in [0, 0.1) is 0 Å². The molecule has 3 aromatic rings. The standard InChI is InChI=1S/C26H23ClF3NO6/c1-3-14(25(34)35)13-9-10-18(17(27)11-13)31-23(32)19-20(24(31)33)22(37-12-26(28,29)30)16-8-6-5-7-15(16)21(19)36-4-2/h5-11,14,24,33H,3-4,12H2,1-2H3,(H,34,35). The Bertz CT molecular complexity index is 1380. The lowest BCUT2D eigenvalue weighted by atomic mass is 9.96. The van der Waals surface area contributed by atoms with Crippen LogP contribution in [0.1, 0.15) is 53.9 Å². The molecule has 7 nitrogen and oxygen atoms in total. The van der Waals surface area contributed by atoms with Gasteiger partial charge in [0.25, 0.3) is 5.91 Å². The first kappa shape index (κ1) is 26.6. The number of ether oxygens (including phenoxy) is 2. The van der Waals surface area contributed by atoms with Gasteiger partial charge in [-0.05, 0) is 31.0 Å². The maximum Gasteiger partial charge on any atom is 0.422 e. The Morgan fingerprint density at radius 2 is 1.76 bits per heavy atom. The molecule has 0 bridgehead atoms. The minimum Gasteiger partial charge on any atom is -0.492 e. The first-order chi connectivity index (χ1) is 17.5. The number of carboxylic acid groups (broad SMARTS) is 1. The average Bonchev–Trinajstić information content (AvgIpc) is 3.08. The highest BCUT2D eigenvalue weighted by molar-refractivity contribution is 6.34. The normalized spacial score (nSPS) is 16.1. The maximum atomic E-state index is 13.7. The Morgan fingerprint density at radius 1 is 1.11 bits per heavy atom. The number of carbonyl (C=O) groups excluding carboxylic acids is 1. The molecule has 1 amide bonds. The van der Waals surface area contributed by atoms with Crippen molar-refractivity contribution in [3.8, 4) is 11.5 Å². The van der Waals surface area contributed by atoms with Crippen molar-refractivity contribution in [1.82, 2.24) is 0 Å². The van der Waals surface area contributed by atoms with E-state index in [9.17, 15) is 33.0 Å². The number of hydrogen-bond donors (Lipinski definition) is 2. The van der Waals surface area contributed by atoms with Gasteiger partial charge in [0.1, 0.15) is 11.5 Å². The monoisotopic (exact) mass is 537 g/mol. The van der Waals surface area contributed by atoms with Crippen molar-refractivity contribution >= 4 is 39.9 Å². The maximum absolute atomic E-state index is 13.7. The number of aliphatic hydroxyl groups is 1. The quantitative estimate of drug-likeness (QED) is 0.362. The fourth-order valence-corrected chi connectivity index (χ4v) is 4.83. The van der Waals surface area contributed by atoms with E-state index in [0.29, 0.717) is 17.4 Å². The van der Waals surface area contributed by atoms with Gasteiger partial charge in [-0.2, -0.15) is 13.2 Å². The lowest BCUT2D eigenvalue weighted by molar-refractivity contribution is -0.153. The molecule has 196 valence electrons. The van der Waals surface area contributed by atoms with Crippen LogP contribution >= 0.6 is 11.6 Å². The van der Waals surface area contributed by atoms with E-state index in [1.54, 1.807) is 32.0 Å². The van der Waals surface area contributed by atoms with Gasteiger partial charge in [0, 0.05) is 10.8 Å². The highest BCUT2D eigenvalue weighted by Gasteiger charge is 2.44. The summed E-state index contributed by atoms with van der Waals surface area (Å²) < 4.78 is 50.2. The highest BCUT2D eigenvalue weighted by atomic mass is 35.5. The number of anilines is 1. The lowest BCUT2D eigenvalue weighted by Gasteiger charge is -2.24. The van der Waals surface area contributed by atoms with E-state index in [-0.39, 0.29) is 45.3 Å². The molecule has 11 heteroatoms. The summed E-state index contributed by atoms with van der Waals surface area (Å²) in [4.78, 5) is 26.2. The molecule has 0 aliphatic carbocycles. The minimum absolute atomic E-state index is 0.0160. The van der Waals surface area contributed by atoms with E-state index >= 15 is 0 Å². The van der Waals surface area contributed by atoms with Gasteiger partial charge in [-0.1, -0.05) is 48.9 Å². The van der Waals surface area contributed by atoms with Crippen LogP contribution in [0.5, 0.6) is 11.5 Å². The average molecular weight is 538 g/mol. The summed E-state index contributed by atoms with van der Waals surface area (Å²) in [6.45, 7) is 1.89. The lowest BCUT2D eigenvalue weighted by Crippen LogP contribution is -2.28. The molecule has 0 saturated heterocycles. The number of rotatable bonds is 8. The molecular weight excluding hydrogens is 515 g/mol. The molecule has 0 spiro atoms. The number of carboxylic acids is 1. The van der Waals surface area contributed by atoms with Crippen LogP contribution in [-0.2, 0) is 4.79 Å². The third-order valence-electron chi connectivity index (χ3n) is 6.10. The second kappa shape index (κ2) is 10.1. The summed E-state index contributed by atoms with van der Waals surface area (Å²) in [7, 11) is 0. The number of nitrogens with zero attached hydrogens (tertiary/aromatic N) is 1. The van der Waals surface area contributed by atoms with Crippen molar-refractivity contribution < 1.29 is 42.4 Å². The van der Waals surface area contributed by atoms with Gasteiger partial charge in [0.2, 0.25) is 0 Å². The second-order valence-electron chi connectivity index (χ2n) is 8.39. The van der Waals surface area contributed by atoms with E-state index in [2.05, 4.69) is 0 Å². The number of amides is 1. The molecule has 3 aromatic carbocycles. The van der Waals surface area contributed by atoms with Crippen LogP contribution in [0.25, 0.3) is 10.8 Å². The molecule has 1 aliphatic heterocycles. The largest absolute Gasteiger partial charge is 0.492 e. The van der Waals surface area contributed by atoms with Crippen LogP contribution < -0.4 is 14.4 Å². The number of hydrogen-bond acceptors (Lipinski definition) is 5. The molecule has 4 rings (SSSR count). The summed E-state index contributed by atoms with van der Waals surface area (Å²) in [5.74, 6) is -2.83. The molecule has 2 unspecified atom stereocenters. The summed E-state index contributed by atoms with van der Waals surface area (Å²) in [6, 6.07) is 10.6. The Kier molecular flexibility index (Phi) is 7.25. The summed E-state index contributed by atoms with van der Waals surface area (Å²) in [5.41, 5.74) is 0.140. The molecule has 0 fully saturated rings. The first-order valence-electron chi connectivity index (χ1n) is 11.4. The van der Waals surface area contributed by atoms with Crippen LogP contribution in [0.2, 0.25) is 5.02 Å². The number of aliphatic hydroxyl groups excluding tert-OH is 1. The predicted molar refractivity (Wildman–Crippen MR) is 131 cm³/mol. The van der Waals surface area contributed by atoms with E-state index in [4.69, 9.17) is 21.1 Å². The topological polar surface area (TPSA) is 96.3 Å². The van der Waals surface area contributed by atoms with E-state index in [1.165, 1.54) is 24.3 Å². The second-order valence-corrected chi connectivity index (χ2v) is 8.80. The van der Waals surface area contributed by atoms with Gasteiger partial charge >= 0.3 is 12.1 Å². The Labute approximate surface area is 215 Å². The van der Waals surface area contributed by atoms with Crippen molar-refractivity contribution in [3.63, 3.8) is 0 Å². The smallest absolute Gasteiger partial charge is 0.422 e. The number of carbonyl (C=O) groups is 2. The number of halogens is 4. The molecule has 2 atom stereocenters. The van der Waals surface area contributed by atoms with E-state index in [0.717, 1.165) is 4.90 Å². The van der Waals surface area contributed by atoms with Crippen LogP contribution in [0.4, 0.5) is 18.9 Å². The number of benzene rings is 3. The molecule has 2 N–H and O–H groups in total. The van der Waals surface area contributed by atoms with Gasteiger partial charge in [0.05, 0.1) is 34.4 Å². The third kappa shape index (κ3) is 4.78. The number of aliphatic carboxylic acids is 1. The molecular formula is C26H23ClF3NO6. The van der Waals surface area contributed by atoms with Gasteiger partial charge in [0.15, 0.2) is 12.8 Å². The first-order valence-corrected chi connectivity index (χ1v) is 11.8. The zero-order chi connectivity index (χ0) is 27.1. The number of fused-ring (bicyclic) bond motifs is 2. The van der Waals surface area contributed by atoms with E-state index in [1.807, 2.05) is 0 Å². The van der Waals surface area contributed by atoms with Crippen LogP contribution in [0.3, 0.4) is 0 Å². The van der Waals surface area contributed by atoms with Crippen molar-refractivity contribution in [1.29, 1.82) is 0 Å². The summed E-state index contributed by atoms with van der Waals surface area (Å²) in [6.07, 6.45) is -6.12. The van der Waals surface area contributed by atoms with Crippen LogP contribution in [0.15, 0.2) is 42.5 Å². The van der Waals surface area contributed by atoms with Gasteiger partial charge < -0.3 is 19.7 Å². The molecule has 0 radical (unpaired) electrons. The Hall–Kier alpha value is -3.50. The van der Waals surface area contributed by atoms with Crippen molar-refractivity contribution in [3.05, 3.63) is 64.2 Å². The summed E-state index contributed by atoms with van der Waals surface area (Å²) >= 11 is 6.45. The van der Waals surface area contributed by atoms with E-state index < -0.39 is 36.8 Å². The molecule has 1 aliphatic rings. The predicted octanol–water partition coefficient (Wildman–Crippen LogP) is 6.06. The van der Waals surface area contributed by atoms with Gasteiger partial charge in [-0.15, -0.1) is 0 Å². The zero-order valence-electron chi connectivity index (χ0n) is 19.8. The van der Waals surface area contributed by atoms with Crippen LogP contribution in [-0.4, -0.2) is 41.5 Å². The Morgan fingerprint density at radius 3 is 2.30 bits per heavy atom. The molecule has 1 heterocycles. The minimum atomic E-state index is -4.67. The highest BCUT2D eigenvalue weighted by Crippen LogP contribution is 2.51. The molecule has 0 saturated carbocycles.